The number of aryl methyl sites for hydroxylation is 1. The van der Waals surface area contributed by atoms with E-state index in [1.165, 1.54) is 10.9 Å². The van der Waals surface area contributed by atoms with E-state index in [4.69, 9.17) is 0 Å². The van der Waals surface area contributed by atoms with Crippen molar-refractivity contribution in [2.24, 2.45) is 0 Å². The summed E-state index contributed by atoms with van der Waals surface area (Å²) in [5.74, 6) is 0.0554. The molecule has 0 fully saturated rings. The minimum Gasteiger partial charge on any atom is -0.748 e. The maximum absolute atomic E-state index is 10.5. The molecule has 0 saturated carbocycles. The van der Waals surface area contributed by atoms with E-state index in [0.717, 1.165) is 5.56 Å². The molecule has 0 aromatic carbocycles. The maximum atomic E-state index is 10.5. The molecule has 0 bridgehead atoms. The molecule has 7 nitrogen and oxygen atoms in total. The average molecular weight is 266 g/mol. The second-order valence-electron chi connectivity index (χ2n) is 3.51. The van der Waals surface area contributed by atoms with Crippen LogP contribution in [0.1, 0.15) is 0 Å². The van der Waals surface area contributed by atoms with Crippen molar-refractivity contribution < 1.29 is 17.7 Å². The molecule has 2 aromatic heterocycles. The van der Waals surface area contributed by atoms with Crippen molar-refractivity contribution in [2.45, 2.75) is 6.54 Å². The number of hydrogen-bond acceptors (Lipinski definition) is 6. The lowest BCUT2D eigenvalue weighted by molar-refractivity contribution is -0.750. The summed E-state index contributed by atoms with van der Waals surface area (Å²) in [4.78, 5) is 8.12. The van der Waals surface area contributed by atoms with Crippen LogP contribution in [0, 0.1) is 0 Å². The third-order valence-electron chi connectivity index (χ3n) is 2.17. The molecule has 0 aliphatic rings. The Morgan fingerprint density at radius 2 is 2.00 bits per heavy atom. The summed E-state index contributed by atoms with van der Waals surface area (Å²) in [5, 5.41) is 3.99. The van der Waals surface area contributed by atoms with Crippen LogP contribution < -0.4 is 4.68 Å². The topological polar surface area (TPSA) is 99.8 Å². The van der Waals surface area contributed by atoms with Crippen LogP contribution in [0.25, 0.3) is 11.4 Å². The Morgan fingerprint density at radius 1 is 1.28 bits per heavy atom. The molecule has 0 atom stereocenters. The van der Waals surface area contributed by atoms with Crippen molar-refractivity contribution in [3.63, 3.8) is 0 Å². The monoisotopic (exact) mass is 266 g/mol. The minimum atomic E-state index is -4.22. The first-order valence-electron chi connectivity index (χ1n) is 5.11. The van der Waals surface area contributed by atoms with Gasteiger partial charge in [-0.3, -0.25) is 0 Å². The van der Waals surface area contributed by atoms with Gasteiger partial charge in [0.25, 0.3) is 0 Å². The van der Waals surface area contributed by atoms with Crippen LogP contribution in [0.15, 0.2) is 36.9 Å². The predicted octanol–water partition coefficient (Wildman–Crippen LogP) is -0.629. The van der Waals surface area contributed by atoms with Crippen LogP contribution in [0.2, 0.25) is 0 Å². The Balaban J connectivity index is 2.11. The minimum absolute atomic E-state index is 0.0295. The highest BCUT2D eigenvalue weighted by Crippen LogP contribution is 2.08. The summed E-state index contributed by atoms with van der Waals surface area (Å²) in [7, 11) is -4.22. The van der Waals surface area contributed by atoms with Crippen molar-refractivity contribution in [1.29, 1.82) is 0 Å². The van der Waals surface area contributed by atoms with Gasteiger partial charge in [0, 0.05) is 24.0 Å². The highest BCUT2D eigenvalue weighted by atomic mass is 32.2. The zero-order valence-electron chi connectivity index (χ0n) is 9.30. The van der Waals surface area contributed by atoms with E-state index in [1.807, 2.05) is 0 Å². The molecule has 0 amide bonds. The van der Waals surface area contributed by atoms with Crippen LogP contribution in [0.3, 0.4) is 0 Å². The highest BCUT2D eigenvalue weighted by Gasteiger charge is 2.07. The summed E-state index contributed by atoms with van der Waals surface area (Å²) in [6.07, 6.45) is 6.34. The molecule has 8 heteroatoms. The number of rotatable bonds is 4. The third kappa shape index (κ3) is 3.54. The molecule has 94 valence electrons. The Bertz CT molecular complexity index is 613. The van der Waals surface area contributed by atoms with E-state index in [9.17, 15) is 13.0 Å². The predicted molar refractivity (Wildman–Crippen MR) is 60.0 cm³/mol. The Labute approximate surface area is 104 Å². The Kier molecular flexibility index (Phi) is 3.58. The summed E-state index contributed by atoms with van der Waals surface area (Å²) in [6, 6.07) is 3.42. The van der Waals surface area contributed by atoms with Crippen molar-refractivity contribution in [2.75, 3.05) is 5.75 Å². The fourth-order valence-corrected chi connectivity index (χ4v) is 1.71. The summed E-state index contributed by atoms with van der Waals surface area (Å²) < 4.78 is 32.8. The molecule has 0 unspecified atom stereocenters. The van der Waals surface area contributed by atoms with Crippen molar-refractivity contribution >= 4 is 10.1 Å². The van der Waals surface area contributed by atoms with E-state index < -0.39 is 15.9 Å². The Hall–Kier alpha value is -1.93. The molecular weight excluding hydrogens is 256 g/mol. The van der Waals surface area contributed by atoms with E-state index in [-0.39, 0.29) is 6.54 Å². The molecule has 0 N–H and O–H groups in total. The summed E-state index contributed by atoms with van der Waals surface area (Å²) in [5.41, 5.74) is 0.719. The lowest BCUT2D eigenvalue weighted by Crippen LogP contribution is -2.40. The zero-order valence-corrected chi connectivity index (χ0v) is 10.1. The maximum Gasteiger partial charge on any atom is 0.197 e. The smallest absolute Gasteiger partial charge is 0.197 e. The van der Waals surface area contributed by atoms with E-state index >= 15 is 0 Å². The standard InChI is InChI=1S/C10H10N4O3S/c15-18(16,17)7-6-14-5-2-9(8-13-14)10-11-3-1-4-12-10/h1-5,8H,6-7H2. The molecule has 0 aliphatic heterocycles. The second-order valence-corrected chi connectivity index (χ2v) is 5.04. The first-order valence-corrected chi connectivity index (χ1v) is 6.69. The molecule has 18 heavy (non-hydrogen) atoms. The quantitative estimate of drug-likeness (QED) is 0.539. The van der Waals surface area contributed by atoms with Crippen molar-refractivity contribution in [3.8, 4) is 11.4 Å². The van der Waals surface area contributed by atoms with Crippen LogP contribution in [0.4, 0.5) is 0 Å². The molecule has 2 heterocycles. The number of aromatic nitrogens is 4. The molecular formula is C10H10N4O3S. The van der Waals surface area contributed by atoms with Crippen LogP contribution in [-0.2, 0) is 16.7 Å². The van der Waals surface area contributed by atoms with Crippen molar-refractivity contribution in [3.05, 3.63) is 36.9 Å². The average Bonchev–Trinajstić information content (AvgIpc) is 2.37. The van der Waals surface area contributed by atoms with Gasteiger partial charge in [-0.05, 0) is 11.2 Å². The molecule has 0 saturated heterocycles. The first kappa shape index (κ1) is 12.5. The van der Waals surface area contributed by atoms with E-state index in [2.05, 4.69) is 15.1 Å². The summed E-state index contributed by atoms with van der Waals surface area (Å²) in [6.45, 7) is 0.0295. The van der Waals surface area contributed by atoms with Gasteiger partial charge in [-0.25, -0.2) is 18.4 Å². The van der Waals surface area contributed by atoms with Crippen LogP contribution in [-0.4, -0.2) is 33.8 Å². The third-order valence-corrected chi connectivity index (χ3v) is 2.85. The fraction of sp³-hybridized carbons (Fsp3) is 0.200. The lowest BCUT2D eigenvalue weighted by Gasteiger charge is -2.02. The lowest BCUT2D eigenvalue weighted by atomic mass is 10.3. The first-order chi connectivity index (χ1) is 8.54. The molecule has 0 radical (unpaired) electrons. The van der Waals surface area contributed by atoms with Gasteiger partial charge in [0.15, 0.2) is 18.6 Å². The van der Waals surface area contributed by atoms with Gasteiger partial charge in [-0.15, -0.1) is 0 Å². The number of hydrogen-bond donors (Lipinski definition) is 0. The highest BCUT2D eigenvalue weighted by molar-refractivity contribution is 7.85. The number of nitrogens with zero attached hydrogens (tertiary/aromatic N) is 4. The molecule has 2 aromatic rings. The van der Waals surface area contributed by atoms with Gasteiger partial charge in [0.1, 0.15) is 16.3 Å². The SMILES string of the molecule is O=S(=O)([O-])CC[n+]1ccc(-c2ncccn2)cn1. The second kappa shape index (κ2) is 5.15. The fourth-order valence-electron chi connectivity index (χ4n) is 1.30. The van der Waals surface area contributed by atoms with Gasteiger partial charge in [0.2, 0.25) is 0 Å². The molecule has 2 rings (SSSR count). The molecule has 0 aliphatic carbocycles. The summed E-state index contributed by atoms with van der Waals surface area (Å²) >= 11 is 0. The van der Waals surface area contributed by atoms with E-state index in [0.29, 0.717) is 5.82 Å². The molecule has 0 spiro atoms. The normalized spacial score (nSPS) is 11.4. The van der Waals surface area contributed by atoms with Gasteiger partial charge in [-0.2, -0.15) is 0 Å². The zero-order chi connectivity index (χ0) is 13.0. The largest absolute Gasteiger partial charge is 0.748 e. The van der Waals surface area contributed by atoms with Gasteiger partial charge < -0.3 is 4.55 Å². The Morgan fingerprint density at radius 3 is 2.56 bits per heavy atom. The van der Waals surface area contributed by atoms with Crippen LogP contribution >= 0.6 is 0 Å². The van der Waals surface area contributed by atoms with Crippen LogP contribution in [0.5, 0.6) is 0 Å². The van der Waals surface area contributed by atoms with Gasteiger partial charge in [-0.1, -0.05) is 4.68 Å². The van der Waals surface area contributed by atoms with E-state index in [1.54, 1.807) is 30.7 Å². The van der Waals surface area contributed by atoms with Crippen molar-refractivity contribution in [1.82, 2.24) is 15.1 Å². The van der Waals surface area contributed by atoms with Gasteiger partial charge in [0.05, 0.1) is 5.75 Å². The van der Waals surface area contributed by atoms with Gasteiger partial charge >= 0.3 is 0 Å².